The van der Waals surface area contributed by atoms with E-state index in [0.717, 1.165) is 30.7 Å². The molecule has 132 valence electrons. The Morgan fingerprint density at radius 1 is 1.44 bits per heavy atom. The number of carbonyl (C=O) groups is 2. The lowest BCUT2D eigenvalue weighted by molar-refractivity contribution is -0.136. The summed E-state index contributed by atoms with van der Waals surface area (Å²) < 4.78 is 7.08. The summed E-state index contributed by atoms with van der Waals surface area (Å²) in [5.74, 6) is 0.587. The van der Waals surface area contributed by atoms with Gasteiger partial charge in [-0.05, 0) is 25.0 Å². The molecular formula is C18H22N4O3. The van der Waals surface area contributed by atoms with Crippen LogP contribution in [0.4, 0.5) is 0 Å². The third-order valence-corrected chi connectivity index (χ3v) is 5.14. The van der Waals surface area contributed by atoms with Gasteiger partial charge in [-0.2, -0.15) is 5.10 Å². The highest BCUT2D eigenvalue weighted by Gasteiger charge is 2.40. The van der Waals surface area contributed by atoms with Crippen LogP contribution in [0.15, 0.2) is 35.2 Å². The van der Waals surface area contributed by atoms with Gasteiger partial charge in [-0.25, -0.2) is 0 Å². The lowest BCUT2D eigenvalue weighted by Gasteiger charge is -2.26. The predicted octanol–water partition coefficient (Wildman–Crippen LogP) is 1.73. The number of nitrogens with zero attached hydrogens (tertiary/aromatic N) is 4. The minimum absolute atomic E-state index is 0.0203. The minimum atomic E-state index is -0.264. The molecule has 2 aliphatic rings. The van der Waals surface area contributed by atoms with Gasteiger partial charge in [0.25, 0.3) is 0 Å². The fourth-order valence-electron chi connectivity index (χ4n) is 3.90. The van der Waals surface area contributed by atoms with Crippen molar-refractivity contribution in [1.29, 1.82) is 0 Å². The summed E-state index contributed by atoms with van der Waals surface area (Å²) in [6.07, 6.45) is 7.63. The molecule has 2 fully saturated rings. The number of carbonyl (C=O) groups excluding carboxylic acids is 2. The molecule has 0 saturated carbocycles. The Morgan fingerprint density at radius 2 is 2.32 bits per heavy atom. The Bertz CT molecular complexity index is 767. The van der Waals surface area contributed by atoms with Gasteiger partial charge in [0, 0.05) is 38.3 Å². The van der Waals surface area contributed by atoms with E-state index in [0.29, 0.717) is 13.1 Å². The molecule has 2 amide bonds. The quantitative estimate of drug-likeness (QED) is 0.848. The van der Waals surface area contributed by atoms with Crippen molar-refractivity contribution in [2.24, 2.45) is 13.0 Å². The van der Waals surface area contributed by atoms with E-state index in [4.69, 9.17) is 4.42 Å². The van der Waals surface area contributed by atoms with Crippen LogP contribution >= 0.6 is 0 Å². The lowest BCUT2D eigenvalue weighted by atomic mass is 10.0. The van der Waals surface area contributed by atoms with Crippen molar-refractivity contribution in [3.8, 4) is 0 Å². The summed E-state index contributed by atoms with van der Waals surface area (Å²) in [6.45, 7) is 1.65. The Morgan fingerprint density at radius 3 is 3.04 bits per heavy atom. The number of likely N-dealkylation sites (tertiary alicyclic amines) is 2. The largest absolute Gasteiger partial charge is 0.467 e. The van der Waals surface area contributed by atoms with E-state index in [2.05, 4.69) is 5.10 Å². The van der Waals surface area contributed by atoms with Crippen LogP contribution in [-0.2, 0) is 23.2 Å². The molecule has 2 aromatic rings. The average Bonchev–Trinajstić information content (AvgIpc) is 3.35. The highest BCUT2D eigenvalue weighted by atomic mass is 16.3. The first-order valence-corrected chi connectivity index (χ1v) is 8.71. The third-order valence-electron chi connectivity index (χ3n) is 5.14. The van der Waals surface area contributed by atoms with Gasteiger partial charge in [-0.1, -0.05) is 0 Å². The second kappa shape index (κ2) is 6.38. The summed E-state index contributed by atoms with van der Waals surface area (Å²) >= 11 is 0. The Kier molecular flexibility index (Phi) is 4.07. The van der Waals surface area contributed by atoms with Crippen LogP contribution in [-0.4, -0.2) is 44.5 Å². The first kappa shape index (κ1) is 15.9. The first-order valence-electron chi connectivity index (χ1n) is 8.71. The SMILES string of the molecule is Cn1cc([C@@H]2CCCN2C(=O)[C@@H]2CC(=O)N(Cc3ccco3)C2)cn1. The molecule has 2 atom stereocenters. The number of hydrogen-bond donors (Lipinski definition) is 0. The number of aryl methyl sites for hydroxylation is 1. The van der Waals surface area contributed by atoms with Gasteiger partial charge in [0.05, 0.1) is 31.0 Å². The van der Waals surface area contributed by atoms with Crippen molar-refractivity contribution >= 4 is 11.8 Å². The highest BCUT2D eigenvalue weighted by Crippen LogP contribution is 2.34. The summed E-state index contributed by atoms with van der Waals surface area (Å²) in [5, 5.41) is 4.22. The third kappa shape index (κ3) is 3.06. The van der Waals surface area contributed by atoms with E-state index >= 15 is 0 Å². The van der Waals surface area contributed by atoms with Gasteiger partial charge < -0.3 is 14.2 Å². The summed E-state index contributed by atoms with van der Waals surface area (Å²) in [4.78, 5) is 29.0. The molecule has 0 aliphatic carbocycles. The summed E-state index contributed by atoms with van der Waals surface area (Å²) in [6, 6.07) is 3.73. The Hall–Kier alpha value is -2.57. The van der Waals surface area contributed by atoms with Gasteiger partial charge >= 0.3 is 0 Å². The normalized spacial score (nSPS) is 23.6. The van der Waals surface area contributed by atoms with Crippen LogP contribution in [0.2, 0.25) is 0 Å². The molecule has 2 saturated heterocycles. The molecule has 2 aromatic heterocycles. The molecule has 0 radical (unpaired) electrons. The van der Waals surface area contributed by atoms with Crippen molar-refractivity contribution in [2.75, 3.05) is 13.1 Å². The molecule has 4 rings (SSSR count). The molecule has 0 spiro atoms. The lowest BCUT2D eigenvalue weighted by Crippen LogP contribution is -2.37. The molecule has 0 bridgehead atoms. The fraction of sp³-hybridized carbons (Fsp3) is 0.500. The molecule has 25 heavy (non-hydrogen) atoms. The van der Waals surface area contributed by atoms with Crippen LogP contribution in [0, 0.1) is 5.92 Å². The van der Waals surface area contributed by atoms with Crippen LogP contribution in [0.25, 0.3) is 0 Å². The van der Waals surface area contributed by atoms with Crippen LogP contribution in [0.5, 0.6) is 0 Å². The van der Waals surface area contributed by atoms with Gasteiger partial charge in [0.15, 0.2) is 0 Å². The zero-order valence-corrected chi connectivity index (χ0v) is 14.3. The van der Waals surface area contributed by atoms with E-state index in [1.54, 1.807) is 21.9 Å². The fourth-order valence-corrected chi connectivity index (χ4v) is 3.90. The molecule has 0 N–H and O–H groups in total. The standard InChI is InChI=1S/C18H22N4O3/c1-20-10-14(9-19-20)16-5-2-6-22(16)18(24)13-8-17(23)21(11-13)12-15-4-3-7-25-15/h3-4,7,9-10,13,16H,2,5-6,8,11-12H2,1H3/t13-,16+/m1/s1. The van der Waals surface area contributed by atoms with Gasteiger partial charge in [-0.3, -0.25) is 14.3 Å². The van der Waals surface area contributed by atoms with E-state index in [1.165, 1.54) is 0 Å². The van der Waals surface area contributed by atoms with E-state index in [9.17, 15) is 9.59 Å². The topological polar surface area (TPSA) is 71.6 Å². The Labute approximate surface area is 146 Å². The average molecular weight is 342 g/mol. The second-order valence-electron chi connectivity index (χ2n) is 6.89. The monoisotopic (exact) mass is 342 g/mol. The van der Waals surface area contributed by atoms with E-state index in [-0.39, 0.29) is 30.2 Å². The predicted molar refractivity (Wildman–Crippen MR) is 89.1 cm³/mol. The van der Waals surface area contributed by atoms with Crippen molar-refractivity contribution in [1.82, 2.24) is 19.6 Å². The molecule has 0 aromatic carbocycles. The number of furan rings is 1. The Balaban J connectivity index is 1.44. The van der Waals surface area contributed by atoms with Crippen LogP contribution < -0.4 is 0 Å². The minimum Gasteiger partial charge on any atom is -0.467 e. The van der Waals surface area contributed by atoms with Crippen molar-refractivity contribution in [2.45, 2.75) is 31.8 Å². The van der Waals surface area contributed by atoms with E-state index in [1.807, 2.05) is 30.4 Å². The van der Waals surface area contributed by atoms with Crippen molar-refractivity contribution in [3.63, 3.8) is 0 Å². The molecule has 7 heteroatoms. The number of aromatic nitrogens is 2. The zero-order valence-electron chi connectivity index (χ0n) is 14.3. The maximum atomic E-state index is 13.0. The van der Waals surface area contributed by atoms with Crippen LogP contribution in [0.3, 0.4) is 0 Å². The number of amides is 2. The molecule has 2 aliphatic heterocycles. The van der Waals surface area contributed by atoms with Gasteiger partial charge in [0.1, 0.15) is 5.76 Å². The van der Waals surface area contributed by atoms with Crippen molar-refractivity contribution in [3.05, 3.63) is 42.1 Å². The second-order valence-corrected chi connectivity index (χ2v) is 6.89. The molecule has 4 heterocycles. The highest BCUT2D eigenvalue weighted by molar-refractivity contribution is 5.89. The maximum absolute atomic E-state index is 13.0. The number of hydrogen-bond acceptors (Lipinski definition) is 4. The van der Waals surface area contributed by atoms with Crippen LogP contribution in [0.1, 0.15) is 36.6 Å². The smallest absolute Gasteiger partial charge is 0.228 e. The van der Waals surface area contributed by atoms with Gasteiger partial charge in [-0.15, -0.1) is 0 Å². The molecule has 0 unspecified atom stereocenters. The molecule has 7 nitrogen and oxygen atoms in total. The number of rotatable bonds is 4. The zero-order chi connectivity index (χ0) is 17.4. The van der Waals surface area contributed by atoms with Gasteiger partial charge in [0.2, 0.25) is 11.8 Å². The first-order chi connectivity index (χ1) is 12.1. The maximum Gasteiger partial charge on any atom is 0.228 e. The summed E-state index contributed by atoms with van der Waals surface area (Å²) in [7, 11) is 1.88. The van der Waals surface area contributed by atoms with E-state index < -0.39 is 0 Å². The molecular weight excluding hydrogens is 320 g/mol. The van der Waals surface area contributed by atoms with Crippen molar-refractivity contribution < 1.29 is 14.0 Å². The summed E-state index contributed by atoms with van der Waals surface area (Å²) in [5.41, 5.74) is 1.07.